The number of nitrogens with zero attached hydrogens (tertiary/aromatic N) is 8. The van der Waals surface area contributed by atoms with Gasteiger partial charge in [-0.2, -0.15) is 0 Å². The summed E-state index contributed by atoms with van der Waals surface area (Å²) >= 11 is 5.95. The van der Waals surface area contributed by atoms with Crippen LogP contribution < -0.4 is 16.1 Å². The Hall–Kier alpha value is -6.03. The molecule has 6 aromatic rings. The van der Waals surface area contributed by atoms with Crippen molar-refractivity contribution in [3.8, 4) is 11.3 Å². The van der Waals surface area contributed by atoms with E-state index >= 15 is 0 Å². The Labute approximate surface area is 329 Å². The molecule has 0 radical (unpaired) electrons. The summed E-state index contributed by atoms with van der Waals surface area (Å²) in [6.45, 7) is 3.86. The Morgan fingerprint density at radius 1 is 0.679 bits per heavy atom. The molecule has 0 saturated heterocycles. The predicted molar refractivity (Wildman–Crippen MR) is 211 cm³/mol. The van der Waals surface area contributed by atoms with Gasteiger partial charge in [0.1, 0.15) is 16.5 Å². The highest BCUT2D eigenvalue weighted by Gasteiger charge is 2.26. The fourth-order valence-corrected chi connectivity index (χ4v) is 6.58. The monoisotopic (exact) mass is 770 g/mol. The Kier molecular flexibility index (Phi) is 13.5. The third-order valence-electron chi connectivity index (χ3n) is 9.10. The zero-order valence-electron chi connectivity index (χ0n) is 30.9. The number of nitrogens with one attached hydrogen (secondary N) is 2. The Balaban J connectivity index is 0.000000156. The number of amides is 2. The van der Waals surface area contributed by atoms with Gasteiger partial charge in [0.25, 0.3) is 11.8 Å². The van der Waals surface area contributed by atoms with Gasteiger partial charge in [-0.1, -0.05) is 29.8 Å². The molecule has 2 aliphatic rings. The average Bonchev–Trinajstić information content (AvgIpc) is 3.22. The maximum atomic E-state index is 12.5. The highest BCUT2D eigenvalue weighted by molar-refractivity contribution is 6.58. The second kappa shape index (κ2) is 19.0. The molecule has 0 aliphatic heterocycles. The van der Waals surface area contributed by atoms with E-state index in [9.17, 15) is 9.59 Å². The molecule has 2 aliphatic carbocycles. The van der Waals surface area contributed by atoms with E-state index in [0.29, 0.717) is 22.0 Å². The fourth-order valence-electron chi connectivity index (χ4n) is 6.43. The second-order valence-corrected chi connectivity index (χ2v) is 13.7. The number of aryl methyl sites for hydroxylation is 4. The Bertz CT molecular complexity index is 2270. The first-order valence-corrected chi connectivity index (χ1v) is 18.5. The van der Waals surface area contributed by atoms with Crippen molar-refractivity contribution in [2.24, 2.45) is 0 Å². The maximum Gasteiger partial charge on any atom is 0.490 e. The van der Waals surface area contributed by atoms with Crippen molar-refractivity contribution in [2.75, 3.05) is 0 Å². The first-order chi connectivity index (χ1) is 27.1. The van der Waals surface area contributed by atoms with E-state index in [2.05, 4.69) is 57.7 Å². The number of fused-ring (bicyclic) bond motifs is 2. The molecule has 2 amide bonds. The first kappa shape index (κ1) is 39.7. The van der Waals surface area contributed by atoms with Crippen LogP contribution in [-0.4, -0.2) is 68.9 Å². The van der Waals surface area contributed by atoms with Gasteiger partial charge in [-0.05, 0) is 92.8 Å². The van der Waals surface area contributed by atoms with Crippen LogP contribution in [-0.2, 0) is 12.8 Å². The van der Waals surface area contributed by atoms with Crippen molar-refractivity contribution in [3.63, 3.8) is 0 Å². The van der Waals surface area contributed by atoms with Gasteiger partial charge >= 0.3 is 7.12 Å². The van der Waals surface area contributed by atoms with Crippen LogP contribution in [0.15, 0.2) is 98.4 Å². The van der Waals surface area contributed by atoms with Gasteiger partial charge < -0.3 is 20.7 Å². The molecule has 2 unspecified atom stereocenters. The first-order valence-electron chi connectivity index (χ1n) is 18.1. The van der Waals surface area contributed by atoms with Crippen molar-refractivity contribution in [3.05, 3.63) is 149 Å². The van der Waals surface area contributed by atoms with Crippen molar-refractivity contribution < 1.29 is 19.6 Å². The number of carbonyl (C=O) groups excluding carboxylic acids is 2. The summed E-state index contributed by atoms with van der Waals surface area (Å²) in [6, 6.07) is 11.4. The minimum Gasteiger partial charge on any atom is -0.423 e. The lowest BCUT2D eigenvalue weighted by molar-refractivity contribution is 0.0918. The third kappa shape index (κ3) is 10.6. The normalized spacial score (nSPS) is 15.3. The zero-order chi connectivity index (χ0) is 39.4. The molecular weight excluding hydrogens is 731 g/mol. The van der Waals surface area contributed by atoms with Crippen LogP contribution in [0.1, 0.15) is 92.4 Å². The van der Waals surface area contributed by atoms with Gasteiger partial charge in [0.15, 0.2) is 0 Å². The number of pyridine rings is 4. The van der Waals surface area contributed by atoms with Crippen molar-refractivity contribution in [1.82, 2.24) is 50.5 Å². The van der Waals surface area contributed by atoms with Crippen LogP contribution in [0, 0.1) is 13.8 Å². The highest BCUT2D eigenvalue weighted by Crippen LogP contribution is 2.31. The molecule has 0 bridgehead atoms. The number of halogens is 1. The number of hydrogen-bond donors (Lipinski definition) is 4. The van der Waals surface area contributed by atoms with Gasteiger partial charge in [-0.15, -0.1) is 0 Å². The van der Waals surface area contributed by atoms with Crippen LogP contribution >= 0.6 is 11.6 Å². The lowest BCUT2D eigenvalue weighted by Crippen LogP contribution is -2.32. The van der Waals surface area contributed by atoms with E-state index in [1.165, 1.54) is 42.7 Å². The molecule has 0 fully saturated rings. The summed E-state index contributed by atoms with van der Waals surface area (Å²) in [5, 5.41) is 23.8. The largest absolute Gasteiger partial charge is 0.490 e. The molecule has 0 aromatic carbocycles. The van der Waals surface area contributed by atoms with Crippen molar-refractivity contribution >= 4 is 36.0 Å². The molecule has 2 atom stereocenters. The van der Waals surface area contributed by atoms with E-state index in [1.54, 1.807) is 24.5 Å². The molecule has 56 heavy (non-hydrogen) atoms. The second-order valence-electron chi connectivity index (χ2n) is 13.4. The van der Waals surface area contributed by atoms with E-state index in [1.807, 2.05) is 38.4 Å². The van der Waals surface area contributed by atoms with Crippen LogP contribution in [0.3, 0.4) is 0 Å². The zero-order valence-corrected chi connectivity index (χ0v) is 31.6. The van der Waals surface area contributed by atoms with Gasteiger partial charge in [-0.25, -0.2) is 15.0 Å². The molecule has 284 valence electrons. The minimum atomic E-state index is -1.41. The minimum absolute atomic E-state index is 0.119. The molecule has 16 heteroatoms. The van der Waals surface area contributed by atoms with E-state index in [4.69, 9.17) is 26.6 Å². The standard InChI is InChI=1S/C20H19N5O.C14H13ClN4O.C6H8BNO2/c1-13-9-15(11-22-10-13)16-6-5-14-3-2-4-17(19(14)24-16)25-20(26)18-12-21-7-8-23-18;15-12-5-4-9-2-1-3-10(13(9)19-12)18-14(20)11-8-16-6-7-17-11;1-5-2-6(7(9)10)4-8-3-5/h5-12,17H,2-4H2,1H3,(H,25,26);4-8,10H,1-3H2,(H,18,20);2-4,9-10H,1H3. The van der Waals surface area contributed by atoms with Crippen LogP contribution in [0.5, 0.6) is 0 Å². The number of aromatic nitrogens is 8. The van der Waals surface area contributed by atoms with Crippen LogP contribution in [0.2, 0.25) is 5.15 Å². The number of carbonyl (C=O) groups is 2. The Morgan fingerprint density at radius 2 is 1.23 bits per heavy atom. The van der Waals surface area contributed by atoms with E-state index in [0.717, 1.165) is 77.9 Å². The summed E-state index contributed by atoms with van der Waals surface area (Å²) in [5.74, 6) is -0.460. The fraction of sp³-hybridized carbons (Fsp3) is 0.250. The summed E-state index contributed by atoms with van der Waals surface area (Å²) in [4.78, 5) is 57.8. The van der Waals surface area contributed by atoms with Crippen LogP contribution in [0.25, 0.3) is 11.3 Å². The molecule has 0 saturated carbocycles. The molecule has 14 nitrogen and oxygen atoms in total. The molecular formula is C40H40BClN10O4. The lowest BCUT2D eigenvalue weighted by atomic mass is 9.81. The SMILES string of the molecule is Cc1cncc(-c2ccc3c(n2)C(NC(=O)c2cnccn2)CCC3)c1.Cc1cncc(B(O)O)c1.O=C(NC1CCCc2ccc(Cl)nc21)c1cnccn1. The quantitative estimate of drug-likeness (QED) is 0.137. The van der Waals surface area contributed by atoms with Gasteiger partial charge in [-0.3, -0.25) is 34.5 Å². The molecule has 0 spiro atoms. The third-order valence-corrected chi connectivity index (χ3v) is 9.31. The average molecular weight is 771 g/mol. The summed E-state index contributed by atoms with van der Waals surface area (Å²) < 4.78 is 0. The highest BCUT2D eigenvalue weighted by atomic mass is 35.5. The van der Waals surface area contributed by atoms with Gasteiger partial charge in [0, 0.05) is 60.6 Å². The van der Waals surface area contributed by atoms with E-state index in [-0.39, 0.29) is 23.9 Å². The van der Waals surface area contributed by atoms with Gasteiger partial charge in [0.2, 0.25) is 0 Å². The van der Waals surface area contributed by atoms with Crippen LogP contribution in [0.4, 0.5) is 0 Å². The van der Waals surface area contributed by atoms with Crippen molar-refractivity contribution in [2.45, 2.75) is 64.5 Å². The summed E-state index contributed by atoms with van der Waals surface area (Å²) in [5.41, 5.74) is 9.06. The Morgan fingerprint density at radius 3 is 1.75 bits per heavy atom. The summed E-state index contributed by atoms with van der Waals surface area (Å²) in [7, 11) is -1.41. The van der Waals surface area contributed by atoms with Gasteiger partial charge in [0.05, 0.1) is 41.6 Å². The maximum absolute atomic E-state index is 12.5. The smallest absolute Gasteiger partial charge is 0.423 e. The number of rotatable bonds is 6. The number of hydrogen-bond acceptors (Lipinski definition) is 12. The van der Waals surface area contributed by atoms with E-state index < -0.39 is 7.12 Å². The molecule has 8 rings (SSSR count). The van der Waals surface area contributed by atoms with Crippen molar-refractivity contribution in [1.29, 1.82) is 0 Å². The topological polar surface area (TPSA) is 202 Å². The molecule has 6 aromatic heterocycles. The predicted octanol–water partition coefficient (Wildman–Crippen LogP) is 4.45. The lowest BCUT2D eigenvalue weighted by Gasteiger charge is -2.25. The summed E-state index contributed by atoms with van der Waals surface area (Å²) in [6.07, 6.45) is 21.5. The molecule has 4 N–H and O–H groups in total. The molecule has 6 heterocycles.